The fraction of sp³-hybridized carbons (Fsp3) is 0.263. The first kappa shape index (κ1) is 17.3. The Balaban J connectivity index is 1.72. The summed E-state index contributed by atoms with van der Waals surface area (Å²) in [5.74, 6) is 0.136. The highest BCUT2D eigenvalue weighted by Crippen LogP contribution is 2.25. The van der Waals surface area contributed by atoms with Crippen molar-refractivity contribution in [2.24, 2.45) is 0 Å². The Hall–Kier alpha value is -2.53. The van der Waals surface area contributed by atoms with Gasteiger partial charge in [0.2, 0.25) is 5.91 Å². The third kappa shape index (κ3) is 3.77. The monoisotopic (exact) mass is 358 g/mol. The molecule has 0 aromatic heterocycles. The molecule has 2 amide bonds. The van der Waals surface area contributed by atoms with E-state index in [1.165, 1.54) is 7.11 Å². The molecule has 6 heteroatoms. The van der Waals surface area contributed by atoms with E-state index in [1.807, 2.05) is 31.2 Å². The predicted octanol–water partition coefficient (Wildman–Crippen LogP) is 3.19. The number of carbonyl (C=O) groups is 2. The van der Waals surface area contributed by atoms with Crippen LogP contribution in [0.15, 0.2) is 42.5 Å². The fourth-order valence-electron chi connectivity index (χ4n) is 2.90. The minimum Gasteiger partial charge on any atom is -0.496 e. The number of aryl methyl sites for hydroxylation is 1. The topological polar surface area (TPSA) is 58.6 Å². The first-order valence-electron chi connectivity index (χ1n) is 7.99. The third-order valence-electron chi connectivity index (χ3n) is 4.21. The second-order valence-electron chi connectivity index (χ2n) is 6.06. The summed E-state index contributed by atoms with van der Waals surface area (Å²) in [7, 11) is 1.50. The van der Waals surface area contributed by atoms with Crippen LogP contribution in [0.4, 0.5) is 5.69 Å². The van der Waals surface area contributed by atoms with Gasteiger partial charge in [-0.15, -0.1) is 0 Å². The SMILES string of the molecule is COc1ccc(Cl)cc1C(=O)N[C@H]1CC(=O)N(c2ccc(C)cc2)C1. The highest BCUT2D eigenvalue weighted by Gasteiger charge is 2.32. The lowest BCUT2D eigenvalue weighted by Crippen LogP contribution is -2.37. The van der Waals surface area contributed by atoms with E-state index in [9.17, 15) is 9.59 Å². The highest BCUT2D eigenvalue weighted by atomic mass is 35.5. The molecule has 1 aliphatic rings. The van der Waals surface area contributed by atoms with Gasteiger partial charge in [0, 0.05) is 23.7 Å². The number of hydrogen-bond donors (Lipinski definition) is 1. The van der Waals surface area contributed by atoms with Gasteiger partial charge in [0.25, 0.3) is 5.91 Å². The Labute approximate surface area is 151 Å². The zero-order valence-electron chi connectivity index (χ0n) is 14.1. The molecule has 5 nitrogen and oxygen atoms in total. The van der Waals surface area contributed by atoms with Gasteiger partial charge in [0.15, 0.2) is 0 Å². The molecule has 0 radical (unpaired) electrons. The molecular formula is C19H19ClN2O3. The van der Waals surface area contributed by atoms with E-state index in [4.69, 9.17) is 16.3 Å². The number of benzene rings is 2. The van der Waals surface area contributed by atoms with Gasteiger partial charge >= 0.3 is 0 Å². The molecular weight excluding hydrogens is 340 g/mol. The predicted molar refractivity (Wildman–Crippen MR) is 97.4 cm³/mol. The van der Waals surface area contributed by atoms with Crippen LogP contribution in [-0.4, -0.2) is 31.5 Å². The van der Waals surface area contributed by atoms with Gasteiger partial charge in [-0.3, -0.25) is 9.59 Å². The number of ether oxygens (including phenoxy) is 1. The van der Waals surface area contributed by atoms with E-state index in [0.717, 1.165) is 11.3 Å². The summed E-state index contributed by atoms with van der Waals surface area (Å²) in [6.07, 6.45) is 0.266. The Kier molecular flexibility index (Phi) is 4.95. The van der Waals surface area contributed by atoms with Crippen LogP contribution in [0.1, 0.15) is 22.3 Å². The number of nitrogens with one attached hydrogen (secondary N) is 1. The highest BCUT2D eigenvalue weighted by molar-refractivity contribution is 6.31. The number of methoxy groups -OCH3 is 1. The van der Waals surface area contributed by atoms with Crippen LogP contribution in [0.3, 0.4) is 0 Å². The van der Waals surface area contributed by atoms with Crippen LogP contribution in [-0.2, 0) is 4.79 Å². The van der Waals surface area contributed by atoms with Crippen LogP contribution >= 0.6 is 11.6 Å². The molecule has 1 atom stereocenters. The molecule has 25 heavy (non-hydrogen) atoms. The van der Waals surface area contributed by atoms with E-state index in [2.05, 4.69) is 5.32 Å². The van der Waals surface area contributed by atoms with Crippen LogP contribution in [0.25, 0.3) is 0 Å². The molecule has 1 fully saturated rings. The quantitative estimate of drug-likeness (QED) is 0.913. The Morgan fingerprint density at radius 2 is 1.96 bits per heavy atom. The number of nitrogens with zero attached hydrogens (tertiary/aromatic N) is 1. The average molecular weight is 359 g/mol. The number of carbonyl (C=O) groups excluding carboxylic acids is 2. The number of anilines is 1. The maximum absolute atomic E-state index is 12.5. The van der Waals surface area contributed by atoms with Gasteiger partial charge in [0.05, 0.1) is 18.7 Å². The van der Waals surface area contributed by atoms with Crippen molar-refractivity contribution >= 4 is 29.1 Å². The minimum absolute atomic E-state index is 0.00721. The lowest BCUT2D eigenvalue weighted by atomic mass is 10.1. The van der Waals surface area contributed by atoms with E-state index in [1.54, 1.807) is 23.1 Å². The first-order chi connectivity index (χ1) is 12.0. The first-order valence-corrected chi connectivity index (χ1v) is 8.37. The van der Waals surface area contributed by atoms with Crippen LogP contribution < -0.4 is 15.0 Å². The van der Waals surface area contributed by atoms with Crippen molar-refractivity contribution in [3.63, 3.8) is 0 Å². The lowest BCUT2D eigenvalue weighted by Gasteiger charge is -2.18. The summed E-state index contributed by atoms with van der Waals surface area (Å²) in [4.78, 5) is 26.5. The summed E-state index contributed by atoms with van der Waals surface area (Å²) >= 11 is 5.98. The van der Waals surface area contributed by atoms with E-state index >= 15 is 0 Å². The third-order valence-corrected chi connectivity index (χ3v) is 4.45. The summed E-state index contributed by atoms with van der Waals surface area (Å²) in [6, 6.07) is 12.4. The molecule has 0 spiro atoms. The van der Waals surface area contributed by atoms with Crippen molar-refractivity contribution in [1.82, 2.24) is 5.32 Å². The molecule has 1 heterocycles. The van der Waals surface area contributed by atoms with Crippen molar-refractivity contribution in [3.05, 3.63) is 58.6 Å². The normalized spacial score (nSPS) is 16.8. The molecule has 1 N–H and O–H groups in total. The van der Waals surface area contributed by atoms with Crippen LogP contribution in [0.2, 0.25) is 5.02 Å². The summed E-state index contributed by atoms with van der Waals surface area (Å²) in [5.41, 5.74) is 2.33. The minimum atomic E-state index is -0.303. The standard InChI is InChI=1S/C19H19ClN2O3/c1-12-3-6-15(7-4-12)22-11-14(10-18(22)23)21-19(24)16-9-13(20)5-8-17(16)25-2/h3-9,14H,10-11H2,1-2H3,(H,21,24)/t14-/m0/s1. The Bertz CT molecular complexity index is 805. The molecule has 130 valence electrons. The number of halogens is 1. The van der Waals surface area contributed by atoms with Gasteiger partial charge in [-0.05, 0) is 37.3 Å². The van der Waals surface area contributed by atoms with E-state index < -0.39 is 0 Å². The lowest BCUT2D eigenvalue weighted by molar-refractivity contribution is -0.117. The largest absolute Gasteiger partial charge is 0.496 e. The van der Waals surface area contributed by atoms with Crippen molar-refractivity contribution in [2.75, 3.05) is 18.6 Å². The maximum atomic E-state index is 12.5. The van der Waals surface area contributed by atoms with Gasteiger partial charge in [0.1, 0.15) is 5.75 Å². The smallest absolute Gasteiger partial charge is 0.255 e. The molecule has 2 aromatic rings. The summed E-state index contributed by atoms with van der Waals surface area (Å²) in [6.45, 7) is 2.44. The Morgan fingerprint density at radius 1 is 1.24 bits per heavy atom. The number of hydrogen-bond acceptors (Lipinski definition) is 3. The molecule has 0 aliphatic carbocycles. The molecule has 2 aromatic carbocycles. The molecule has 3 rings (SSSR count). The number of rotatable bonds is 4. The second kappa shape index (κ2) is 7.15. The Morgan fingerprint density at radius 3 is 2.64 bits per heavy atom. The zero-order valence-corrected chi connectivity index (χ0v) is 14.8. The van der Waals surface area contributed by atoms with Gasteiger partial charge in [-0.1, -0.05) is 29.3 Å². The summed E-state index contributed by atoms with van der Waals surface area (Å²) < 4.78 is 5.21. The summed E-state index contributed by atoms with van der Waals surface area (Å²) in [5, 5.41) is 3.35. The van der Waals surface area contributed by atoms with Crippen molar-refractivity contribution in [3.8, 4) is 5.75 Å². The molecule has 1 saturated heterocycles. The van der Waals surface area contributed by atoms with E-state index in [0.29, 0.717) is 22.9 Å². The fourth-order valence-corrected chi connectivity index (χ4v) is 3.07. The van der Waals surface area contributed by atoms with Gasteiger partial charge in [-0.25, -0.2) is 0 Å². The number of amides is 2. The van der Waals surface area contributed by atoms with E-state index in [-0.39, 0.29) is 24.3 Å². The van der Waals surface area contributed by atoms with Crippen molar-refractivity contribution < 1.29 is 14.3 Å². The molecule has 0 saturated carbocycles. The second-order valence-corrected chi connectivity index (χ2v) is 6.50. The van der Waals surface area contributed by atoms with Crippen molar-refractivity contribution in [2.45, 2.75) is 19.4 Å². The molecule has 0 unspecified atom stereocenters. The maximum Gasteiger partial charge on any atom is 0.255 e. The van der Waals surface area contributed by atoms with Crippen molar-refractivity contribution in [1.29, 1.82) is 0 Å². The van der Waals surface area contributed by atoms with Gasteiger partial charge < -0.3 is 15.0 Å². The molecule has 0 bridgehead atoms. The van der Waals surface area contributed by atoms with Crippen LogP contribution in [0.5, 0.6) is 5.75 Å². The average Bonchev–Trinajstić information content (AvgIpc) is 2.95. The zero-order chi connectivity index (χ0) is 18.0. The molecule has 1 aliphatic heterocycles. The van der Waals surface area contributed by atoms with Gasteiger partial charge in [-0.2, -0.15) is 0 Å². The van der Waals surface area contributed by atoms with Crippen LogP contribution in [0, 0.1) is 6.92 Å².